The smallest absolute Gasteiger partial charge is 0.135 e. The lowest BCUT2D eigenvalue weighted by Crippen LogP contribution is -2.13. The molecule has 0 saturated carbocycles. The summed E-state index contributed by atoms with van der Waals surface area (Å²) in [7, 11) is 0. The van der Waals surface area contributed by atoms with E-state index in [0.717, 1.165) is 12.1 Å². The van der Waals surface area contributed by atoms with E-state index in [1.807, 2.05) is 18.2 Å². The highest BCUT2D eigenvalue weighted by atomic mass is 32.1. The van der Waals surface area contributed by atoms with Crippen LogP contribution >= 0.6 is 12.2 Å². The van der Waals surface area contributed by atoms with Crippen LogP contribution in [0.5, 0.6) is 0 Å². The number of halogens is 1. The van der Waals surface area contributed by atoms with Gasteiger partial charge in [-0.3, -0.25) is 0 Å². The molecule has 20 heavy (non-hydrogen) atoms. The molecular weight excluding hydrogens is 271 g/mol. The average Bonchev–Trinajstić information content (AvgIpc) is 2.45. The van der Waals surface area contributed by atoms with E-state index in [2.05, 4.69) is 24.4 Å². The summed E-state index contributed by atoms with van der Waals surface area (Å²) in [6.07, 6.45) is 0.905. The van der Waals surface area contributed by atoms with Gasteiger partial charge in [0.25, 0.3) is 0 Å². The first-order valence-corrected chi connectivity index (χ1v) is 6.93. The molecule has 0 aromatic heterocycles. The van der Waals surface area contributed by atoms with E-state index in [-0.39, 0.29) is 16.6 Å². The first kappa shape index (κ1) is 14.5. The second kappa shape index (κ2) is 6.48. The third-order valence-corrected chi connectivity index (χ3v) is 3.41. The number of thiocarbonyl (C=S) groups is 1. The highest BCUT2D eigenvalue weighted by molar-refractivity contribution is 7.80. The summed E-state index contributed by atoms with van der Waals surface area (Å²) in [6, 6.07) is 15.1. The van der Waals surface area contributed by atoms with Crippen molar-refractivity contribution in [3.05, 3.63) is 65.5 Å². The number of rotatable bonds is 5. The van der Waals surface area contributed by atoms with Crippen molar-refractivity contribution in [2.75, 3.05) is 5.32 Å². The normalized spacial score (nSPS) is 11.9. The lowest BCUT2D eigenvalue weighted by Gasteiger charge is -2.19. The average molecular weight is 288 g/mol. The Morgan fingerprint density at radius 2 is 1.95 bits per heavy atom. The molecule has 0 aliphatic heterocycles. The van der Waals surface area contributed by atoms with Gasteiger partial charge in [-0.15, -0.1) is 0 Å². The van der Waals surface area contributed by atoms with Gasteiger partial charge in [-0.25, -0.2) is 4.39 Å². The molecule has 4 heteroatoms. The molecule has 0 amide bonds. The van der Waals surface area contributed by atoms with Gasteiger partial charge in [-0.05, 0) is 30.2 Å². The predicted molar refractivity (Wildman–Crippen MR) is 85.4 cm³/mol. The van der Waals surface area contributed by atoms with Gasteiger partial charge in [0.05, 0.1) is 6.04 Å². The SMILES string of the molecule is CCC(Nc1ccc(C(N)=S)c(F)c1)c1ccccc1. The minimum atomic E-state index is -0.398. The number of hydrogen-bond acceptors (Lipinski definition) is 2. The Kier molecular flexibility index (Phi) is 4.69. The Morgan fingerprint density at radius 3 is 2.50 bits per heavy atom. The molecule has 2 aromatic carbocycles. The zero-order chi connectivity index (χ0) is 14.5. The third-order valence-electron chi connectivity index (χ3n) is 3.19. The van der Waals surface area contributed by atoms with Gasteiger partial charge >= 0.3 is 0 Å². The molecule has 0 heterocycles. The largest absolute Gasteiger partial charge is 0.389 e. The van der Waals surface area contributed by atoms with Crippen LogP contribution in [0.25, 0.3) is 0 Å². The number of hydrogen-bond donors (Lipinski definition) is 2. The van der Waals surface area contributed by atoms with Crippen molar-refractivity contribution >= 4 is 22.9 Å². The Hall–Kier alpha value is -1.94. The number of anilines is 1. The van der Waals surface area contributed by atoms with Gasteiger partial charge < -0.3 is 11.1 Å². The fraction of sp³-hybridized carbons (Fsp3) is 0.188. The van der Waals surface area contributed by atoms with Crippen molar-refractivity contribution in [1.82, 2.24) is 0 Å². The van der Waals surface area contributed by atoms with E-state index in [1.165, 1.54) is 11.6 Å². The van der Waals surface area contributed by atoms with Crippen molar-refractivity contribution in [2.24, 2.45) is 5.73 Å². The Labute approximate surface area is 123 Å². The topological polar surface area (TPSA) is 38.0 Å². The van der Waals surface area contributed by atoms with Crippen molar-refractivity contribution < 1.29 is 4.39 Å². The maximum atomic E-state index is 13.9. The van der Waals surface area contributed by atoms with E-state index >= 15 is 0 Å². The molecule has 1 atom stereocenters. The molecule has 0 saturated heterocycles. The molecule has 1 unspecified atom stereocenters. The molecule has 3 N–H and O–H groups in total. The predicted octanol–water partition coefficient (Wildman–Crippen LogP) is 4.02. The molecule has 0 spiro atoms. The van der Waals surface area contributed by atoms with Gasteiger partial charge in [0.2, 0.25) is 0 Å². The summed E-state index contributed by atoms with van der Waals surface area (Å²) in [6.45, 7) is 2.09. The van der Waals surface area contributed by atoms with E-state index in [4.69, 9.17) is 18.0 Å². The highest BCUT2D eigenvalue weighted by Crippen LogP contribution is 2.23. The second-order valence-corrected chi connectivity index (χ2v) is 5.01. The number of benzene rings is 2. The standard InChI is InChI=1S/C16H17FN2S/c1-2-15(11-6-4-3-5-7-11)19-12-8-9-13(16(18)20)14(17)10-12/h3-10,15,19H,2H2,1H3,(H2,18,20). The summed E-state index contributed by atoms with van der Waals surface area (Å²) < 4.78 is 13.9. The highest BCUT2D eigenvalue weighted by Gasteiger charge is 2.11. The summed E-state index contributed by atoms with van der Waals surface area (Å²) in [4.78, 5) is 0.0733. The maximum Gasteiger partial charge on any atom is 0.135 e. The lowest BCUT2D eigenvalue weighted by atomic mass is 10.0. The maximum absolute atomic E-state index is 13.9. The molecule has 104 valence electrons. The van der Waals surface area contributed by atoms with Gasteiger partial charge in [-0.2, -0.15) is 0 Å². The zero-order valence-electron chi connectivity index (χ0n) is 11.3. The van der Waals surface area contributed by atoms with E-state index in [1.54, 1.807) is 12.1 Å². The molecule has 2 rings (SSSR count). The summed E-state index contributed by atoms with van der Waals surface area (Å²) in [5.74, 6) is -0.398. The summed E-state index contributed by atoms with van der Waals surface area (Å²) in [5.41, 5.74) is 7.63. The van der Waals surface area contributed by atoms with Crippen LogP contribution in [-0.2, 0) is 0 Å². The number of nitrogens with one attached hydrogen (secondary N) is 1. The van der Waals surface area contributed by atoms with Crippen LogP contribution in [0.2, 0.25) is 0 Å². The molecule has 2 aromatic rings. The summed E-state index contributed by atoms with van der Waals surface area (Å²) >= 11 is 4.80. The molecule has 0 fully saturated rings. The van der Waals surface area contributed by atoms with Crippen molar-refractivity contribution in [2.45, 2.75) is 19.4 Å². The van der Waals surface area contributed by atoms with Crippen LogP contribution < -0.4 is 11.1 Å². The minimum Gasteiger partial charge on any atom is -0.389 e. The molecule has 2 nitrogen and oxygen atoms in total. The molecule has 0 radical (unpaired) electrons. The van der Waals surface area contributed by atoms with Crippen molar-refractivity contribution in [3.63, 3.8) is 0 Å². The molecule has 0 aliphatic carbocycles. The van der Waals surface area contributed by atoms with Crippen LogP contribution in [0, 0.1) is 5.82 Å². The molecule has 0 aliphatic rings. The monoisotopic (exact) mass is 288 g/mol. The van der Waals surface area contributed by atoms with Crippen LogP contribution in [0.3, 0.4) is 0 Å². The van der Waals surface area contributed by atoms with Crippen molar-refractivity contribution in [1.29, 1.82) is 0 Å². The fourth-order valence-electron chi connectivity index (χ4n) is 2.11. The second-order valence-electron chi connectivity index (χ2n) is 4.57. The first-order chi connectivity index (χ1) is 9.61. The van der Waals surface area contributed by atoms with E-state index in [9.17, 15) is 4.39 Å². The van der Waals surface area contributed by atoms with Crippen LogP contribution in [0.4, 0.5) is 10.1 Å². The van der Waals surface area contributed by atoms with Crippen LogP contribution in [0.1, 0.15) is 30.5 Å². The van der Waals surface area contributed by atoms with Gasteiger partial charge in [0, 0.05) is 11.3 Å². The van der Waals surface area contributed by atoms with Crippen molar-refractivity contribution in [3.8, 4) is 0 Å². The van der Waals surface area contributed by atoms with E-state index < -0.39 is 5.82 Å². The van der Waals surface area contributed by atoms with E-state index in [0.29, 0.717) is 0 Å². The minimum absolute atomic E-state index is 0.0733. The quantitative estimate of drug-likeness (QED) is 0.816. The molecule has 0 bridgehead atoms. The van der Waals surface area contributed by atoms with Crippen LogP contribution in [0.15, 0.2) is 48.5 Å². The van der Waals surface area contributed by atoms with Gasteiger partial charge in [-0.1, -0.05) is 49.5 Å². The first-order valence-electron chi connectivity index (χ1n) is 6.52. The fourth-order valence-corrected chi connectivity index (χ4v) is 2.28. The zero-order valence-corrected chi connectivity index (χ0v) is 12.1. The Balaban J connectivity index is 2.20. The Morgan fingerprint density at radius 1 is 1.25 bits per heavy atom. The van der Waals surface area contributed by atoms with Crippen LogP contribution in [-0.4, -0.2) is 4.99 Å². The number of nitrogens with two attached hydrogens (primary N) is 1. The summed E-state index contributed by atoms with van der Waals surface area (Å²) in [5, 5.41) is 3.33. The lowest BCUT2D eigenvalue weighted by molar-refractivity contribution is 0.625. The molecular formula is C16H17FN2S. The Bertz CT molecular complexity index is 599. The third kappa shape index (κ3) is 3.33. The van der Waals surface area contributed by atoms with Gasteiger partial charge in [0.1, 0.15) is 10.8 Å². The van der Waals surface area contributed by atoms with Gasteiger partial charge in [0.15, 0.2) is 0 Å².